The summed E-state index contributed by atoms with van der Waals surface area (Å²) < 4.78 is 5.02. The topological polar surface area (TPSA) is 66.9 Å². The van der Waals surface area contributed by atoms with Crippen LogP contribution in [0.2, 0.25) is 0 Å². The molecule has 3 atom stereocenters. The Bertz CT molecular complexity index is 222. The smallest absolute Gasteiger partial charge is 0.316 e. The van der Waals surface area contributed by atoms with Crippen LogP contribution in [-0.4, -0.2) is 29.1 Å². The van der Waals surface area contributed by atoms with Gasteiger partial charge in [0.25, 0.3) is 0 Å². The third kappa shape index (κ3) is 0.939. The van der Waals surface area contributed by atoms with Crippen molar-refractivity contribution in [2.24, 2.45) is 5.92 Å². The van der Waals surface area contributed by atoms with Crippen LogP contribution in [0.5, 0.6) is 0 Å². The quantitative estimate of drug-likeness (QED) is 0.422. The summed E-state index contributed by atoms with van der Waals surface area (Å²) in [6, 6.07) is 0. The van der Waals surface area contributed by atoms with E-state index in [-0.39, 0.29) is 18.0 Å². The highest BCUT2D eigenvalue weighted by atomic mass is 16.6. The van der Waals surface area contributed by atoms with Gasteiger partial charge in [0.05, 0.1) is 6.10 Å². The summed E-state index contributed by atoms with van der Waals surface area (Å²) in [4.78, 5) is 21.5. The van der Waals surface area contributed by atoms with Gasteiger partial charge in [0.1, 0.15) is 17.8 Å². The number of epoxide rings is 1. The van der Waals surface area contributed by atoms with Gasteiger partial charge in [0.15, 0.2) is 0 Å². The molecule has 3 unspecified atom stereocenters. The van der Waals surface area contributed by atoms with Crippen molar-refractivity contribution >= 4 is 11.8 Å². The lowest BCUT2D eigenvalue weighted by Gasteiger charge is -2.11. The molecule has 11 heavy (non-hydrogen) atoms. The summed E-state index contributed by atoms with van der Waals surface area (Å²) in [5, 5.41) is 8.60. The standard InChI is InChI=1S/C7H8O4/c8-3-1-2-4-6(11-4)5(3)7(9)10/h4-6H,1-2H2,(H,9,10). The van der Waals surface area contributed by atoms with Gasteiger partial charge in [-0.25, -0.2) is 0 Å². The van der Waals surface area contributed by atoms with Crippen LogP contribution in [-0.2, 0) is 14.3 Å². The van der Waals surface area contributed by atoms with E-state index in [0.29, 0.717) is 12.8 Å². The molecule has 0 aromatic heterocycles. The SMILES string of the molecule is O=C(O)C1C(=O)CCC2OC21. The maximum Gasteiger partial charge on any atom is 0.316 e. The van der Waals surface area contributed by atoms with E-state index in [9.17, 15) is 9.59 Å². The van der Waals surface area contributed by atoms with Crippen LogP contribution >= 0.6 is 0 Å². The summed E-state index contributed by atoms with van der Waals surface area (Å²) in [5.74, 6) is -2.10. The number of aliphatic carboxylic acids is 1. The fourth-order valence-electron chi connectivity index (χ4n) is 1.58. The molecular formula is C7H8O4. The normalized spacial score (nSPS) is 41.5. The van der Waals surface area contributed by atoms with Crippen molar-refractivity contribution in [1.82, 2.24) is 0 Å². The molecule has 0 aromatic carbocycles. The van der Waals surface area contributed by atoms with Crippen LogP contribution in [0.3, 0.4) is 0 Å². The number of ketones is 1. The van der Waals surface area contributed by atoms with E-state index in [4.69, 9.17) is 9.84 Å². The number of Topliss-reactive ketones (excluding diaryl/α,β-unsaturated/α-hetero) is 1. The van der Waals surface area contributed by atoms with Crippen LogP contribution in [0.1, 0.15) is 12.8 Å². The number of hydrogen-bond acceptors (Lipinski definition) is 3. The lowest BCUT2D eigenvalue weighted by Crippen LogP contribution is -2.33. The van der Waals surface area contributed by atoms with Crippen LogP contribution in [0.25, 0.3) is 0 Å². The van der Waals surface area contributed by atoms with Gasteiger partial charge < -0.3 is 9.84 Å². The second-order valence-electron chi connectivity index (χ2n) is 2.96. The molecule has 60 valence electrons. The average molecular weight is 156 g/mol. The number of rotatable bonds is 1. The highest BCUT2D eigenvalue weighted by Gasteiger charge is 2.54. The first-order valence-electron chi connectivity index (χ1n) is 3.61. The Morgan fingerprint density at radius 1 is 1.64 bits per heavy atom. The number of carboxylic acid groups (broad SMARTS) is 1. The Labute approximate surface area is 63.1 Å². The van der Waals surface area contributed by atoms with E-state index in [0.717, 1.165) is 0 Å². The highest BCUT2D eigenvalue weighted by molar-refractivity contribution is 6.00. The molecular weight excluding hydrogens is 148 g/mol. The van der Waals surface area contributed by atoms with Gasteiger partial charge in [-0.15, -0.1) is 0 Å². The lowest BCUT2D eigenvalue weighted by molar-refractivity contribution is -0.147. The van der Waals surface area contributed by atoms with E-state index in [1.807, 2.05) is 0 Å². The summed E-state index contributed by atoms with van der Waals surface area (Å²) in [6.07, 6.45) is 0.799. The Kier molecular flexibility index (Phi) is 1.26. The second-order valence-corrected chi connectivity index (χ2v) is 2.96. The number of carboxylic acids is 1. The van der Waals surface area contributed by atoms with Gasteiger partial charge in [-0.1, -0.05) is 0 Å². The second kappa shape index (κ2) is 2.04. The average Bonchev–Trinajstić information content (AvgIpc) is 2.64. The van der Waals surface area contributed by atoms with Gasteiger partial charge in [-0.2, -0.15) is 0 Å². The monoisotopic (exact) mass is 156 g/mol. The zero-order chi connectivity index (χ0) is 8.01. The van der Waals surface area contributed by atoms with E-state index in [2.05, 4.69) is 0 Å². The third-order valence-corrected chi connectivity index (χ3v) is 2.24. The molecule has 1 saturated heterocycles. The predicted molar refractivity (Wildman–Crippen MR) is 34.0 cm³/mol. The maximum atomic E-state index is 11.0. The maximum absolute atomic E-state index is 11.0. The fraction of sp³-hybridized carbons (Fsp3) is 0.714. The molecule has 1 aliphatic carbocycles. The van der Waals surface area contributed by atoms with Crippen molar-refractivity contribution in [2.45, 2.75) is 25.0 Å². The fourth-order valence-corrected chi connectivity index (χ4v) is 1.58. The molecule has 2 fully saturated rings. The highest BCUT2D eigenvalue weighted by Crippen LogP contribution is 2.38. The summed E-state index contributed by atoms with van der Waals surface area (Å²) >= 11 is 0. The van der Waals surface area contributed by atoms with E-state index < -0.39 is 11.9 Å². The third-order valence-electron chi connectivity index (χ3n) is 2.24. The van der Waals surface area contributed by atoms with Gasteiger partial charge >= 0.3 is 5.97 Å². The first-order chi connectivity index (χ1) is 5.20. The summed E-state index contributed by atoms with van der Waals surface area (Å²) in [5.41, 5.74) is 0. The molecule has 2 rings (SSSR count). The molecule has 1 saturated carbocycles. The summed E-state index contributed by atoms with van der Waals surface area (Å²) in [6.45, 7) is 0. The number of fused-ring (bicyclic) bond motifs is 1. The van der Waals surface area contributed by atoms with Gasteiger partial charge in [-0.3, -0.25) is 9.59 Å². The lowest BCUT2D eigenvalue weighted by atomic mass is 9.88. The van der Waals surface area contributed by atoms with E-state index in [1.54, 1.807) is 0 Å². The minimum atomic E-state index is -1.04. The molecule has 0 bridgehead atoms. The minimum absolute atomic E-state index is 0.0498. The molecule has 4 nitrogen and oxygen atoms in total. The largest absolute Gasteiger partial charge is 0.481 e. The van der Waals surface area contributed by atoms with Crippen LogP contribution in [0.15, 0.2) is 0 Å². The Morgan fingerprint density at radius 3 is 2.91 bits per heavy atom. The zero-order valence-electron chi connectivity index (χ0n) is 5.82. The van der Waals surface area contributed by atoms with E-state index in [1.165, 1.54) is 0 Å². The van der Waals surface area contributed by atoms with Crippen molar-refractivity contribution in [3.05, 3.63) is 0 Å². The molecule has 1 N–H and O–H groups in total. The molecule has 2 aliphatic rings. The van der Waals surface area contributed by atoms with Crippen molar-refractivity contribution in [2.75, 3.05) is 0 Å². The van der Waals surface area contributed by atoms with Crippen molar-refractivity contribution < 1.29 is 19.4 Å². The van der Waals surface area contributed by atoms with Crippen molar-refractivity contribution in [1.29, 1.82) is 0 Å². The molecule has 0 spiro atoms. The van der Waals surface area contributed by atoms with Gasteiger partial charge in [-0.05, 0) is 6.42 Å². The predicted octanol–water partition coefficient (Wildman–Crippen LogP) is -0.183. The Hall–Kier alpha value is -0.900. The number of carbonyl (C=O) groups is 2. The zero-order valence-corrected chi connectivity index (χ0v) is 5.82. The molecule has 1 aliphatic heterocycles. The van der Waals surface area contributed by atoms with E-state index >= 15 is 0 Å². The molecule has 1 heterocycles. The molecule has 0 amide bonds. The molecule has 0 radical (unpaired) electrons. The van der Waals surface area contributed by atoms with Crippen molar-refractivity contribution in [3.63, 3.8) is 0 Å². The van der Waals surface area contributed by atoms with Gasteiger partial charge in [0, 0.05) is 6.42 Å². The first-order valence-corrected chi connectivity index (χ1v) is 3.61. The van der Waals surface area contributed by atoms with Crippen LogP contribution in [0, 0.1) is 5.92 Å². The Balaban J connectivity index is 2.16. The first kappa shape index (κ1) is 6.79. The number of carbonyl (C=O) groups excluding carboxylic acids is 1. The van der Waals surface area contributed by atoms with Crippen LogP contribution < -0.4 is 0 Å². The number of hydrogen-bond donors (Lipinski definition) is 1. The minimum Gasteiger partial charge on any atom is -0.481 e. The molecule has 0 aromatic rings. The molecule has 4 heteroatoms. The van der Waals surface area contributed by atoms with Crippen LogP contribution in [0.4, 0.5) is 0 Å². The number of ether oxygens (including phenoxy) is 1. The summed E-state index contributed by atoms with van der Waals surface area (Å²) in [7, 11) is 0. The Morgan fingerprint density at radius 2 is 2.36 bits per heavy atom. The van der Waals surface area contributed by atoms with Crippen molar-refractivity contribution in [3.8, 4) is 0 Å². The van der Waals surface area contributed by atoms with Gasteiger partial charge in [0.2, 0.25) is 0 Å².